The maximum atomic E-state index is 12.7. The number of aromatic amines is 1. The zero-order valence-corrected chi connectivity index (χ0v) is 20.3. The number of aromatic nitrogens is 5. The van der Waals surface area contributed by atoms with Gasteiger partial charge in [0.05, 0.1) is 27.3 Å². The highest BCUT2D eigenvalue weighted by Gasteiger charge is 2.31. The third-order valence-electron chi connectivity index (χ3n) is 6.54. The molecule has 1 fully saturated rings. The van der Waals surface area contributed by atoms with E-state index in [1.807, 2.05) is 38.2 Å². The van der Waals surface area contributed by atoms with Gasteiger partial charge in [-0.3, -0.25) is 4.79 Å². The first-order valence-electron chi connectivity index (χ1n) is 11.4. The van der Waals surface area contributed by atoms with Crippen molar-refractivity contribution in [2.75, 3.05) is 5.32 Å². The summed E-state index contributed by atoms with van der Waals surface area (Å²) < 4.78 is 1.76. The molecule has 176 valence electrons. The molecule has 0 radical (unpaired) electrons. The molecule has 0 unspecified atom stereocenters. The van der Waals surface area contributed by atoms with Gasteiger partial charge in [0, 0.05) is 30.4 Å². The van der Waals surface area contributed by atoms with E-state index in [0.29, 0.717) is 28.2 Å². The molecule has 1 aliphatic rings. The number of nitrogens with two attached hydrogens (primary N) is 1. The van der Waals surface area contributed by atoms with E-state index >= 15 is 0 Å². The van der Waals surface area contributed by atoms with Crippen LogP contribution in [-0.4, -0.2) is 36.3 Å². The number of anilines is 1. The standard InChI is InChI=1S/C25H28ClN7O/c1-14-13-33(32-15(14)2)23-5-4-16(12-28-23)8-22-30-20-10-21(19(26)9-18(20)24(34)31-22)29-17-6-7-25(3,27)11-17/h4-5,9-10,12-13,17,29H,6-8,11,27H2,1-3H3,(H,30,31,34)/t17-,25+/m1/s1. The fraction of sp³-hybridized carbons (Fsp3) is 0.360. The van der Waals surface area contributed by atoms with Crippen LogP contribution in [0.4, 0.5) is 5.69 Å². The van der Waals surface area contributed by atoms with Gasteiger partial charge in [-0.05, 0) is 69.4 Å². The first-order valence-corrected chi connectivity index (χ1v) is 11.8. The quantitative estimate of drug-likeness (QED) is 0.399. The number of nitrogens with one attached hydrogen (secondary N) is 2. The fourth-order valence-corrected chi connectivity index (χ4v) is 4.75. The van der Waals surface area contributed by atoms with Gasteiger partial charge in [-0.2, -0.15) is 5.10 Å². The molecule has 0 aliphatic heterocycles. The summed E-state index contributed by atoms with van der Waals surface area (Å²) in [4.78, 5) is 24.8. The third kappa shape index (κ3) is 4.56. The molecule has 9 heteroatoms. The minimum absolute atomic E-state index is 0.164. The van der Waals surface area contributed by atoms with E-state index in [-0.39, 0.29) is 17.1 Å². The summed E-state index contributed by atoms with van der Waals surface area (Å²) >= 11 is 6.48. The van der Waals surface area contributed by atoms with Gasteiger partial charge in [0.15, 0.2) is 5.82 Å². The lowest BCUT2D eigenvalue weighted by atomic mass is 10.0. The maximum absolute atomic E-state index is 12.7. The van der Waals surface area contributed by atoms with Crippen molar-refractivity contribution in [1.82, 2.24) is 24.7 Å². The van der Waals surface area contributed by atoms with Crippen molar-refractivity contribution in [2.45, 2.75) is 58.0 Å². The highest BCUT2D eigenvalue weighted by molar-refractivity contribution is 6.34. The number of hydrogen-bond donors (Lipinski definition) is 3. The van der Waals surface area contributed by atoms with Crippen molar-refractivity contribution in [3.63, 3.8) is 0 Å². The van der Waals surface area contributed by atoms with Crippen LogP contribution in [-0.2, 0) is 6.42 Å². The predicted octanol–water partition coefficient (Wildman–Crippen LogP) is 4.05. The Bertz CT molecular complexity index is 1400. The Labute approximate surface area is 202 Å². The average Bonchev–Trinajstić information content (AvgIpc) is 3.30. The van der Waals surface area contributed by atoms with Gasteiger partial charge < -0.3 is 16.0 Å². The monoisotopic (exact) mass is 477 g/mol. The molecule has 3 aromatic heterocycles. The second kappa shape index (κ2) is 8.52. The summed E-state index contributed by atoms with van der Waals surface area (Å²) in [7, 11) is 0. The highest BCUT2D eigenvalue weighted by atomic mass is 35.5. The van der Waals surface area contributed by atoms with Gasteiger partial charge in [0.1, 0.15) is 5.82 Å². The molecule has 4 N–H and O–H groups in total. The van der Waals surface area contributed by atoms with E-state index in [2.05, 4.69) is 27.3 Å². The zero-order valence-electron chi connectivity index (χ0n) is 19.5. The first-order chi connectivity index (χ1) is 16.2. The van der Waals surface area contributed by atoms with Gasteiger partial charge in [-0.1, -0.05) is 17.7 Å². The molecule has 5 rings (SSSR count). The molecule has 1 saturated carbocycles. The Balaban J connectivity index is 1.39. The van der Waals surface area contributed by atoms with Crippen LogP contribution in [0.3, 0.4) is 0 Å². The third-order valence-corrected chi connectivity index (χ3v) is 6.85. The van der Waals surface area contributed by atoms with Gasteiger partial charge in [0.25, 0.3) is 5.56 Å². The van der Waals surface area contributed by atoms with Gasteiger partial charge >= 0.3 is 0 Å². The summed E-state index contributed by atoms with van der Waals surface area (Å²) in [5.41, 5.74) is 10.3. The second-order valence-electron chi connectivity index (χ2n) is 9.64. The molecular weight excluding hydrogens is 450 g/mol. The largest absolute Gasteiger partial charge is 0.381 e. The van der Waals surface area contributed by atoms with Crippen molar-refractivity contribution in [3.8, 4) is 5.82 Å². The zero-order chi connectivity index (χ0) is 24.0. The Kier molecular flexibility index (Phi) is 5.65. The van der Waals surface area contributed by atoms with Crippen LogP contribution in [0.2, 0.25) is 5.02 Å². The smallest absolute Gasteiger partial charge is 0.258 e. The molecule has 2 atom stereocenters. The van der Waals surface area contributed by atoms with Crippen LogP contribution in [0.1, 0.15) is 48.8 Å². The van der Waals surface area contributed by atoms with Crippen molar-refractivity contribution >= 4 is 28.2 Å². The van der Waals surface area contributed by atoms with E-state index in [9.17, 15) is 4.79 Å². The predicted molar refractivity (Wildman–Crippen MR) is 135 cm³/mol. The van der Waals surface area contributed by atoms with Crippen LogP contribution in [0.25, 0.3) is 16.7 Å². The summed E-state index contributed by atoms with van der Waals surface area (Å²) in [5, 5.41) is 8.93. The number of nitrogens with zero attached hydrogens (tertiary/aromatic N) is 4. The van der Waals surface area contributed by atoms with Crippen LogP contribution >= 0.6 is 11.6 Å². The fourth-order valence-electron chi connectivity index (χ4n) is 4.53. The second-order valence-corrected chi connectivity index (χ2v) is 10.1. The summed E-state index contributed by atoms with van der Waals surface area (Å²) in [6.45, 7) is 6.06. The number of benzene rings is 1. The molecule has 0 spiro atoms. The molecule has 1 aromatic carbocycles. The summed E-state index contributed by atoms with van der Waals surface area (Å²) in [6, 6.07) is 7.66. The Morgan fingerprint density at radius 2 is 2.15 bits per heavy atom. The number of pyridine rings is 1. The van der Waals surface area contributed by atoms with E-state index in [1.165, 1.54) is 0 Å². The lowest BCUT2D eigenvalue weighted by molar-refractivity contribution is 0.482. The first kappa shape index (κ1) is 22.6. The average molecular weight is 478 g/mol. The summed E-state index contributed by atoms with van der Waals surface area (Å²) in [6.07, 6.45) is 7.01. The molecule has 3 heterocycles. The van der Waals surface area contributed by atoms with Gasteiger partial charge in [-0.15, -0.1) is 0 Å². The van der Waals surface area contributed by atoms with E-state index in [1.54, 1.807) is 16.9 Å². The van der Waals surface area contributed by atoms with Crippen LogP contribution in [0.5, 0.6) is 0 Å². The normalized spacial score (nSPS) is 20.2. The molecule has 8 nitrogen and oxygen atoms in total. The Hall–Kier alpha value is -3.23. The van der Waals surface area contributed by atoms with Crippen molar-refractivity contribution in [3.05, 3.63) is 74.7 Å². The van der Waals surface area contributed by atoms with Crippen molar-refractivity contribution in [1.29, 1.82) is 0 Å². The van der Waals surface area contributed by atoms with Gasteiger partial charge in [0.2, 0.25) is 0 Å². The molecule has 4 aromatic rings. The van der Waals surface area contributed by atoms with Crippen LogP contribution in [0.15, 0.2) is 41.5 Å². The summed E-state index contributed by atoms with van der Waals surface area (Å²) in [5.74, 6) is 1.31. The molecular formula is C25H28ClN7O. The topological polar surface area (TPSA) is 115 Å². The number of hydrogen-bond acceptors (Lipinski definition) is 6. The van der Waals surface area contributed by atoms with Gasteiger partial charge in [-0.25, -0.2) is 14.6 Å². The lowest BCUT2D eigenvalue weighted by Crippen LogP contribution is -2.34. The number of H-pyrrole nitrogens is 1. The van der Waals surface area contributed by atoms with Crippen LogP contribution < -0.4 is 16.6 Å². The van der Waals surface area contributed by atoms with E-state index in [0.717, 1.165) is 47.6 Å². The van der Waals surface area contributed by atoms with E-state index in [4.69, 9.17) is 22.3 Å². The Morgan fingerprint density at radius 3 is 2.79 bits per heavy atom. The number of fused-ring (bicyclic) bond motifs is 1. The number of aryl methyl sites for hydroxylation is 2. The van der Waals surface area contributed by atoms with Crippen molar-refractivity contribution in [2.24, 2.45) is 5.73 Å². The highest BCUT2D eigenvalue weighted by Crippen LogP contribution is 2.33. The van der Waals surface area contributed by atoms with E-state index < -0.39 is 0 Å². The molecule has 0 bridgehead atoms. The molecule has 0 saturated heterocycles. The van der Waals surface area contributed by atoms with Crippen molar-refractivity contribution < 1.29 is 0 Å². The SMILES string of the molecule is Cc1cn(-c2ccc(Cc3nc4cc(N[C@@H]5CC[C@](C)(N)C5)c(Cl)cc4c(=O)[nH]3)cn2)nc1C. The number of rotatable bonds is 5. The minimum atomic E-state index is -0.212. The Morgan fingerprint density at radius 1 is 1.32 bits per heavy atom. The lowest BCUT2D eigenvalue weighted by Gasteiger charge is -2.19. The number of halogens is 1. The van der Waals surface area contributed by atoms with Crippen LogP contribution in [0, 0.1) is 13.8 Å². The maximum Gasteiger partial charge on any atom is 0.258 e. The minimum Gasteiger partial charge on any atom is -0.381 e. The molecule has 1 aliphatic carbocycles. The molecule has 0 amide bonds. The molecule has 34 heavy (non-hydrogen) atoms.